The zero-order valence-electron chi connectivity index (χ0n) is 11.6. The molecular formula is C17H17NO3. The number of aliphatic carboxylic acids is 1. The maximum atomic E-state index is 11.9. The molecule has 2 aromatic carbocycles. The van der Waals surface area contributed by atoms with Crippen molar-refractivity contribution in [3.8, 4) is 0 Å². The smallest absolute Gasteiger partial charge is 0.303 e. The van der Waals surface area contributed by atoms with Gasteiger partial charge in [0.05, 0.1) is 0 Å². The number of carbonyl (C=O) groups excluding carboxylic acids is 1. The number of rotatable bonds is 6. The van der Waals surface area contributed by atoms with Crippen molar-refractivity contribution in [2.24, 2.45) is 0 Å². The van der Waals surface area contributed by atoms with Gasteiger partial charge in [0.1, 0.15) is 0 Å². The lowest BCUT2D eigenvalue weighted by molar-refractivity contribution is -0.136. The van der Waals surface area contributed by atoms with Crippen LogP contribution in [0, 0.1) is 0 Å². The van der Waals surface area contributed by atoms with Crippen LogP contribution in [0.3, 0.4) is 0 Å². The Morgan fingerprint density at radius 3 is 2.14 bits per heavy atom. The molecule has 4 nitrogen and oxygen atoms in total. The second-order valence-electron chi connectivity index (χ2n) is 4.76. The monoisotopic (exact) mass is 283 g/mol. The van der Waals surface area contributed by atoms with Gasteiger partial charge in [-0.05, 0) is 29.7 Å². The highest BCUT2D eigenvalue weighted by Crippen LogP contribution is 2.07. The fourth-order valence-electron chi connectivity index (χ4n) is 1.95. The molecule has 4 heteroatoms. The maximum absolute atomic E-state index is 11.9. The zero-order chi connectivity index (χ0) is 15.1. The van der Waals surface area contributed by atoms with E-state index in [1.807, 2.05) is 42.5 Å². The number of benzene rings is 2. The molecule has 108 valence electrons. The summed E-state index contributed by atoms with van der Waals surface area (Å²) in [6.07, 6.45) is 0.649. The van der Waals surface area contributed by atoms with Crippen molar-refractivity contribution < 1.29 is 14.7 Å². The summed E-state index contributed by atoms with van der Waals surface area (Å²) in [6, 6.07) is 16.7. The molecule has 0 aromatic heterocycles. The van der Waals surface area contributed by atoms with Crippen LogP contribution in [-0.2, 0) is 17.8 Å². The van der Waals surface area contributed by atoms with Crippen molar-refractivity contribution in [1.29, 1.82) is 0 Å². The highest BCUT2D eigenvalue weighted by Gasteiger charge is 2.04. The molecule has 0 aliphatic rings. The van der Waals surface area contributed by atoms with Gasteiger partial charge in [0.2, 0.25) is 0 Å². The van der Waals surface area contributed by atoms with Crippen molar-refractivity contribution in [3.63, 3.8) is 0 Å². The lowest BCUT2D eigenvalue weighted by atomic mass is 10.1. The standard InChI is InChI=1S/C17H17NO3/c19-16(20)11-10-13-6-8-14(9-7-13)12-18-17(21)15-4-2-1-3-5-15/h1-9H,10-12H2,(H,18,21)(H,19,20). The number of hydrogen-bond acceptors (Lipinski definition) is 2. The number of nitrogens with one attached hydrogen (secondary N) is 1. The van der Waals surface area contributed by atoms with Crippen LogP contribution in [0.15, 0.2) is 54.6 Å². The van der Waals surface area contributed by atoms with Crippen LogP contribution in [0.1, 0.15) is 27.9 Å². The quantitative estimate of drug-likeness (QED) is 0.856. The van der Waals surface area contributed by atoms with Crippen molar-refractivity contribution in [2.75, 3.05) is 0 Å². The van der Waals surface area contributed by atoms with Crippen molar-refractivity contribution >= 4 is 11.9 Å². The molecule has 0 heterocycles. The van der Waals surface area contributed by atoms with Crippen LogP contribution < -0.4 is 5.32 Å². The minimum atomic E-state index is -0.797. The third kappa shape index (κ3) is 4.76. The van der Waals surface area contributed by atoms with E-state index < -0.39 is 5.97 Å². The van der Waals surface area contributed by atoms with Gasteiger partial charge in [-0.3, -0.25) is 9.59 Å². The molecule has 0 saturated heterocycles. The van der Waals surface area contributed by atoms with Gasteiger partial charge in [0.15, 0.2) is 0 Å². The number of carboxylic acid groups (broad SMARTS) is 1. The van der Waals surface area contributed by atoms with Gasteiger partial charge >= 0.3 is 5.97 Å². The largest absolute Gasteiger partial charge is 0.481 e. The molecule has 0 atom stereocenters. The molecule has 0 unspecified atom stereocenters. The SMILES string of the molecule is O=C(O)CCc1ccc(CNC(=O)c2ccccc2)cc1. The Bertz CT molecular complexity index is 606. The summed E-state index contributed by atoms with van der Waals surface area (Å²) < 4.78 is 0. The fraction of sp³-hybridized carbons (Fsp3) is 0.176. The third-order valence-electron chi connectivity index (χ3n) is 3.14. The summed E-state index contributed by atoms with van der Waals surface area (Å²) in [4.78, 5) is 22.4. The summed E-state index contributed by atoms with van der Waals surface area (Å²) in [7, 11) is 0. The summed E-state index contributed by atoms with van der Waals surface area (Å²) in [5, 5.41) is 11.5. The molecule has 0 spiro atoms. The van der Waals surface area contributed by atoms with E-state index in [0.29, 0.717) is 18.5 Å². The first kappa shape index (κ1) is 14.8. The summed E-state index contributed by atoms with van der Waals surface area (Å²) in [5.41, 5.74) is 2.60. The van der Waals surface area contributed by atoms with Gasteiger partial charge in [-0.1, -0.05) is 42.5 Å². The number of aryl methyl sites for hydroxylation is 1. The molecular weight excluding hydrogens is 266 g/mol. The van der Waals surface area contributed by atoms with Gasteiger partial charge in [-0.25, -0.2) is 0 Å². The molecule has 2 N–H and O–H groups in total. The van der Waals surface area contributed by atoms with Gasteiger partial charge in [-0.2, -0.15) is 0 Å². The summed E-state index contributed by atoms with van der Waals surface area (Å²) >= 11 is 0. The molecule has 2 aromatic rings. The average Bonchev–Trinajstić information content (AvgIpc) is 2.52. The lowest BCUT2D eigenvalue weighted by Gasteiger charge is -2.06. The highest BCUT2D eigenvalue weighted by molar-refractivity contribution is 5.94. The average molecular weight is 283 g/mol. The summed E-state index contributed by atoms with van der Waals surface area (Å²) in [5.74, 6) is -0.903. The summed E-state index contributed by atoms with van der Waals surface area (Å²) in [6.45, 7) is 0.451. The minimum Gasteiger partial charge on any atom is -0.481 e. The van der Waals surface area contributed by atoms with E-state index >= 15 is 0 Å². The molecule has 0 aliphatic heterocycles. The maximum Gasteiger partial charge on any atom is 0.303 e. The van der Waals surface area contributed by atoms with E-state index in [4.69, 9.17) is 5.11 Å². The van der Waals surface area contributed by atoms with Gasteiger partial charge in [0.25, 0.3) is 5.91 Å². The second-order valence-corrected chi connectivity index (χ2v) is 4.76. The molecule has 0 radical (unpaired) electrons. The van der Waals surface area contributed by atoms with Crippen molar-refractivity contribution in [1.82, 2.24) is 5.32 Å². The lowest BCUT2D eigenvalue weighted by Crippen LogP contribution is -2.22. The van der Waals surface area contributed by atoms with Crippen molar-refractivity contribution in [2.45, 2.75) is 19.4 Å². The number of amides is 1. The van der Waals surface area contributed by atoms with E-state index in [9.17, 15) is 9.59 Å². The molecule has 0 aliphatic carbocycles. The number of hydrogen-bond donors (Lipinski definition) is 2. The molecule has 2 rings (SSSR count). The molecule has 21 heavy (non-hydrogen) atoms. The predicted octanol–water partition coefficient (Wildman–Crippen LogP) is 2.63. The first-order valence-corrected chi connectivity index (χ1v) is 6.78. The van der Waals surface area contributed by atoms with Gasteiger partial charge in [-0.15, -0.1) is 0 Å². The molecule has 0 bridgehead atoms. The van der Waals surface area contributed by atoms with Crippen LogP contribution in [0.25, 0.3) is 0 Å². The van der Waals surface area contributed by atoms with Gasteiger partial charge < -0.3 is 10.4 Å². The van der Waals surface area contributed by atoms with E-state index in [1.54, 1.807) is 12.1 Å². The number of carbonyl (C=O) groups is 2. The van der Waals surface area contributed by atoms with Crippen LogP contribution in [0.4, 0.5) is 0 Å². The van der Waals surface area contributed by atoms with E-state index in [2.05, 4.69) is 5.32 Å². The first-order valence-electron chi connectivity index (χ1n) is 6.78. The zero-order valence-corrected chi connectivity index (χ0v) is 11.6. The normalized spacial score (nSPS) is 10.1. The van der Waals surface area contributed by atoms with E-state index in [1.165, 1.54) is 0 Å². The third-order valence-corrected chi connectivity index (χ3v) is 3.14. The topological polar surface area (TPSA) is 66.4 Å². The van der Waals surface area contributed by atoms with Crippen LogP contribution in [0.5, 0.6) is 0 Å². The van der Waals surface area contributed by atoms with Gasteiger partial charge in [0, 0.05) is 18.5 Å². The molecule has 0 fully saturated rings. The fourth-order valence-corrected chi connectivity index (χ4v) is 1.95. The highest BCUT2D eigenvalue weighted by atomic mass is 16.4. The first-order chi connectivity index (χ1) is 10.1. The Kier molecular flexibility index (Phi) is 5.10. The van der Waals surface area contributed by atoms with E-state index in [0.717, 1.165) is 11.1 Å². The Balaban J connectivity index is 1.86. The molecule has 1 amide bonds. The number of carboxylic acids is 1. The van der Waals surface area contributed by atoms with E-state index in [-0.39, 0.29) is 12.3 Å². The minimum absolute atomic E-state index is 0.106. The van der Waals surface area contributed by atoms with Crippen LogP contribution in [-0.4, -0.2) is 17.0 Å². The Morgan fingerprint density at radius 1 is 0.905 bits per heavy atom. The van der Waals surface area contributed by atoms with Crippen molar-refractivity contribution in [3.05, 3.63) is 71.3 Å². The predicted molar refractivity (Wildman–Crippen MR) is 80.0 cm³/mol. The Labute approximate surface area is 123 Å². The van der Waals surface area contributed by atoms with Crippen LogP contribution >= 0.6 is 0 Å². The Morgan fingerprint density at radius 2 is 1.52 bits per heavy atom. The second kappa shape index (κ2) is 7.24. The Hall–Kier alpha value is -2.62. The van der Waals surface area contributed by atoms with Crippen LogP contribution in [0.2, 0.25) is 0 Å². The molecule has 0 saturated carbocycles.